The Balaban J connectivity index is 2.21. The van der Waals surface area contributed by atoms with Gasteiger partial charge in [-0.3, -0.25) is 9.67 Å². The van der Waals surface area contributed by atoms with Crippen molar-refractivity contribution in [1.29, 1.82) is 0 Å². The van der Waals surface area contributed by atoms with Crippen molar-refractivity contribution >= 4 is 27.5 Å². The van der Waals surface area contributed by atoms with Crippen LogP contribution in [0.15, 0.2) is 16.6 Å². The Morgan fingerprint density at radius 1 is 1.35 bits per heavy atom. The van der Waals surface area contributed by atoms with Crippen LogP contribution in [0.4, 0.5) is 0 Å². The number of rotatable bonds is 5. The van der Waals surface area contributed by atoms with Gasteiger partial charge in [0.15, 0.2) is 0 Å². The third-order valence-corrected chi connectivity index (χ3v) is 4.30. The zero-order valence-corrected chi connectivity index (χ0v) is 14.1. The number of nitrogens with zero attached hydrogens (tertiary/aromatic N) is 3. The molecule has 0 amide bonds. The fourth-order valence-electron chi connectivity index (χ4n) is 1.98. The van der Waals surface area contributed by atoms with E-state index in [1.54, 1.807) is 0 Å². The maximum Gasteiger partial charge on any atom is 0.142 e. The molecule has 0 saturated heterocycles. The fraction of sp³-hybridized carbons (Fsp3) is 0.429. The molecule has 2 heterocycles. The van der Waals surface area contributed by atoms with Crippen LogP contribution in [-0.4, -0.2) is 14.8 Å². The Hall–Kier alpha value is -1.07. The minimum absolute atomic E-state index is 0.338. The van der Waals surface area contributed by atoms with E-state index in [9.17, 15) is 0 Å². The molecule has 0 aliphatic rings. The third kappa shape index (κ3) is 3.15. The molecule has 0 spiro atoms. The Morgan fingerprint density at radius 2 is 2.10 bits per heavy atom. The van der Waals surface area contributed by atoms with E-state index in [0.29, 0.717) is 12.5 Å². The van der Waals surface area contributed by atoms with Crippen molar-refractivity contribution < 1.29 is 4.74 Å². The SMILES string of the molecule is CCn1nc(C)c(Br)c1COc1ccc(C)nc1CCl. The van der Waals surface area contributed by atoms with Gasteiger partial charge in [0, 0.05) is 12.2 Å². The van der Waals surface area contributed by atoms with Crippen molar-refractivity contribution in [2.24, 2.45) is 0 Å². The second kappa shape index (κ2) is 6.59. The molecule has 6 heteroatoms. The van der Waals surface area contributed by atoms with Crippen molar-refractivity contribution in [3.05, 3.63) is 39.4 Å². The first-order valence-corrected chi connectivity index (χ1v) is 7.76. The molecule has 0 bridgehead atoms. The van der Waals surface area contributed by atoms with Gasteiger partial charge in [0.1, 0.15) is 12.4 Å². The largest absolute Gasteiger partial charge is 0.485 e. The summed E-state index contributed by atoms with van der Waals surface area (Å²) in [4.78, 5) is 4.38. The summed E-state index contributed by atoms with van der Waals surface area (Å²) in [5.74, 6) is 1.06. The zero-order chi connectivity index (χ0) is 14.7. The van der Waals surface area contributed by atoms with Gasteiger partial charge in [-0.2, -0.15) is 5.10 Å². The average Bonchev–Trinajstić information content (AvgIpc) is 2.72. The quantitative estimate of drug-likeness (QED) is 0.759. The van der Waals surface area contributed by atoms with Crippen LogP contribution in [0.1, 0.15) is 29.7 Å². The average molecular weight is 359 g/mol. The van der Waals surface area contributed by atoms with E-state index in [2.05, 4.69) is 32.9 Å². The minimum Gasteiger partial charge on any atom is -0.485 e. The number of halogens is 2. The fourth-order valence-corrected chi connectivity index (χ4v) is 2.57. The van der Waals surface area contributed by atoms with E-state index in [1.165, 1.54) is 0 Å². The molecule has 0 aliphatic carbocycles. The molecule has 0 aromatic carbocycles. The molecule has 20 heavy (non-hydrogen) atoms. The highest BCUT2D eigenvalue weighted by atomic mass is 79.9. The first kappa shape index (κ1) is 15.3. The molecule has 0 saturated carbocycles. The highest BCUT2D eigenvalue weighted by Gasteiger charge is 2.13. The molecule has 2 aromatic rings. The Labute approximate surface area is 132 Å². The van der Waals surface area contributed by atoms with Gasteiger partial charge in [0.25, 0.3) is 0 Å². The summed E-state index contributed by atoms with van der Waals surface area (Å²) in [5.41, 5.74) is 3.68. The molecule has 0 radical (unpaired) electrons. The summed E-state index contributed by atoms with van der Waals surface area (Å²) in [6.45, 7) is 7.20. The van der Waals surface area contributed by atoms with Crippen LogP contribution in [-0.2, 0) is 19.0 Å². The number of aryl methyl sites for hydroxylation is 3. The first-order chi connectivity index (χ1) is 9.56. The molecule has 0 N–H and O–H groups in total. The van der Waals surface area contributed by atoms with Crippen molar-refractivity contribution in [3.8, 4) is 5.75 Å². The molecular weight excluding hydrogens is 342 g/mol. The van der Waals surface area contributed by atoms with E-state index < -0.39 is 0 Å². The Kier molecular flexibility index (Phi) is 5.05. The molecule has 2 rings (SSSR count). The van der Waals surface area contributed by atoms with Crippen LogP contribution in [0.2, 0.25) is 0 Å². The summed E-state index contributed by atoms with van der Waals surface area (Å²) >= 11 is 9.47. The highest BCUT2D eigenvalue weighted by molar-refractivity contribution is 9.10. The van der Waals surface area contributed by atoms with Crippen LogP contribution in [0.5, 0.6) is 5.75 Å². The smallest absolute Gasteiger partial charge is 0.142 e. The van der Waals surface area contributed by atoms with Crippen molar-refractivity contribution in [1.82, 2.24) is 14.8 Å². The maximum atomic E-state index is 5.91. The van der Waals surface area contributed by atoms with Gasteiger partial charge in [-0.25, -0.2) is 0 Å². The summed E-state index contributed by atoms with van der Waals surface area (Å²) < 4.78 is 8.79. The number of aromatic nitrogens is 3. The van der Waals surface area contributed by atoms with Gasteiger partial charge in [-0.05, 0) is 48.8 Å². The second-order valence-electron chi connectivity index (χ2n) is 4.48. The van der Waals surface area contributed by atoms with E-state index in [0.717, 1.165) is 39.5 Å². The lowest BCUT2D eigenvalue weighted by atomic mass is 10.3. The predicted octanol–water partition coefficient (Wildman–Crippen LogP) is 4.00. The molecule has 108 valence electrons. The highest BCUT2D eigenvalue weighted by Crippen LogP contribution is 2.24. The van der Waals surface area contributed by atoms with Crippen LogP contribution >= 0.6 is 27.5 Å². The molecule has 0 fully saturated rings. The van der Waals surface area contributed by atoms with Crippen molar-refractivity contribution in [2.75, 3.05) is 0 Å². The van der Waals surface area contributed by atoms with E-state index in [4.69, 9.17) is 16.3 Å². The topological polar surface area (TPSA) is 39.9 Å². The number of hydrogen-bond donors (Lipinski definition) is 0. The molecule has 0 atom stereocenters. The van der Waals surface area contributed by atoms with Gasteiger partial charge in [-0.1, -0.05) is 0 Å². The number of ether oxygens (including phenoxy) is 1. The van der Waals surface area contributed by atoms with E-state index in [-0.39, 0.29) is 0 Å². The third-order valence-electron chi connectivity index (χ3n) is 3.02. The summed E-state index contributed by atoms with van der Waals surface area (Å²) in [6, 6.07) is 3.83. The Bertz CT molecular complexity index is 613. The normalized spacial score (nSPS) is 10.8. The first-order valence-electron chi connectivity index (χ1n) is 6.43. The molecular formula is C14H17BrClN3O. The number of alkyl halides is 1. The Morgan fingerprint density at radius 3 is 2.75 bits per heavy atom. The maximum absolute atomic E-state index is 5.91. The summed E-state index contributed by atoms with van der Waals surface area (Å²) in [5, 5.41) is 4.45. The standard InChI is InChI=1S/C14H17BrClN3O/c1-4-19-12(14(15)10(3)18-19)8-20-13-6-5-9(2)17-11(13)7-16/h5-6H,4,7-8H2,1-3H3. The lowest BCUT2D eigenvalue weighted by Crippen LogP contribution is -2.08. The summed E-state index contributed by atoms with van der Waals surface area (Å²) in [7, 11) is 0. The molecule has 0 aliphatic heterocycles. The minimum atomic E-state index is 0.338. The molecule has 2 aromatic heterocycles. The van der Waals surface area contributed by atoms with E-state index in [1.807, 2.05) is 30.7 Å². The summed E-state index contributed by atoms with van der Waals surface area (Å²) in [6.07, 6.45) is 0. The van der Waals surface area contributed by atoms with Gasteiger partial charge in [0.05, 0.1) is 27.4 Å². The monoisotopic (exact) mass is 357 g/mol. The van der Waals surface area contributed by atoms with Gasteiger partial charge in [0.2, 0.25) is 0 Å². The molecule has 4 nitrogen and oxygen atoms in total. The predicted molar refractivity (Wildman–Crippen MR) is 83.2 cm³/mol. The van der Waals surface area contributed by atoms with Crippen LogP contribution in [0, 0.1) is 13.8 Å². The molecule has 0 unspecified atom stereocenters. The van der Waals surface area contributed by atoms with Crippen molar-refractivity contribution in [2.45, 2.75) is 39.8 Å². The van der Waals surface area contributed by atoms with Gasteiger partial charge in [-0.15, -0.1) is 11.6 Å². The number of pyridine rings is 1. The van der Waals surface area contributed by atoms with Gasteiger partial charge < -0.3 is 4.74 Å². The van der Waals surface area contributed by atoms with Crippen LogP contribution in [0.3, 0.4) is 0 Å². The van der Waals surface area contributed by atoms with Crippen molar-refractivity contribution in [3.63, 3.8) is 0 Å². The van der Waals surface area contributed by atoms with Crippen LogP contribution < -0.4 is 4.74 Å². The van der Waals surface area contributed by atoms with Crippen LogP contribution in [0.25, 0.3) is 0 Å². The van der Waals surface area contributed by atoms with Gasteiger partial charge >= 0.3 is 0 Å². The number of hydrogen-bond acceptors (Lipinski definition) is 3. The lowest BCUT2D eigenvalue weighted by Gasteiger charge is -2.11. The lowest BCUT2D eigenvalue weighted by molar-refractivity contribution is 0.288. The van der Waals surface area contributed by atoms with E-state index >= 15 is 0 Å². The second-order valence-corrected chi connectivity index (χ2v) is 5.54. The zero-order valence-electron chi connectivity index (χ0n) is 11.8.